The molecule has 0 spiro atoms. The van der Waals surface area contributed by atoms with E-state index in [4.69, 9.17) is 0 Å². The van der Waals surface area contributed by atoms with Crippen molar-refractivity contribution in [3.05, 3.63) is 0 Å². The number of hydrogen-bond acceptors (Lipinski definition) is 4. The molecule has 0 atom stereocenters. The molecule has 1 aliphatic rings. The lowest BCUT2D eigenvalue weighted by molar-refractivity contribution is 0.260. The number of rotatable bonds is 0. The van der Waals surface area contributed by atoms with Crippen LogP contribution in [0.5, 0.6) is 0 Å². The van der Waals surface area contributed by atoms with E-state index in [0.29, 0.717) is 0 Å². The van der Waals surface area contributed by atoms with Crippen molar-refractivity contribution in [3.63, 3.8) is 0 Å². The van der Waals surface area contributed by atoms with Crippen molar-refractivity contribution in [2.75, 3.05) is 0 Å². The van der Waals surface area contributed by atoms with Crippen LogP contribution in [0.15, 0.2) is 10.2 Å². The van der Waals surface area contributed by atoms with Crippen molar-refractivity contribution < 1.29 is 4.84 Å². The summed E-state index contributed by atoms with van der Waals surface area (Å²) in [6.45, 7) is 0. The molecular weight excluding hydrogens is 82.0 g/mol. The first-order chi connectivity index (χ1) is 3.00. The summed E-state index contributed by atoms with van der Waals surface area (Å²) >= 11 is 0. The van der Waals surface area contributed by atoms with Gasteiger partial charge in [-0.2, -0.15) is 0 Å². The molecule has 0 aromatic heterocycles. The van der Waals surface area contributed by atoms with Gasteiger partial charge in [-0.3, -0.25) is 0 Å². The molecule has 1 rings (SSSR count). The Morgan fingerprint density at radius 1 is 1.50 bits per heavy atom. The maximum absolute atomic E-state index is 4.38. The van der Waals surface area contributed by atoms with Crippen LogP contribution in [0.1, 0.15) is 0 Å². The second-order valence-electron chi connectivity index (χ2n) is 0.701. The summed E-state index contributed by atoms with van der Waals surface area (Å²) in [6, 6.07) is 0. The largest absolute Gasteiger partial charge is 0.367 e. The maximum atomic E-state index is 4.38. The number of nitrogens with zero attached hydrogens (tertiary/aromatic N) is 2. The van der Waals surface area contributed by atoms with Crippen molar-refractivity contribution in [1.82, 2.24) is 5.48 Å². The van der Waals surface area contributed by atoms with Crippen molar-refractivity contribution in [1.29, 1.82) is 0 Å². The monoisotopic (exact) mass is 85.0 g/mol. The van der Waals surface area contributed by atoms with E-state index in [1.807, 2.05) is 0 Å². The van der Waals surface area contributed by atoms with Crippen LogP contribution in [0.3, 0.4) is 0 Å². The molecule has 0 aromatic carbocycles. The topological polar surface area (TPSA) is 46.0 Å². The van der Waals surface area contributed by atoms with Crippen LogP contribution in [0, 0.1) is 0 Å². The van der Waals surface area contributed by atoms with Crippen molar-refractivity contribution >= 4 is 12.7 Å². The first-order valence-electron chi connectivity index (χ1n) is 1.44. The number of hydrogen-bond donors (Lipinski definition) is 1. The van der Waals surface area contributed by atoms with Gasteiger partial charge >= 0.3 is 0 Å². The third-order valence-electron chi connectivity index (χ3n) is 0.345. The van der Waals surface area contributed by atoms with Gasteiger partial charge in [-0.25, -0.2) is 5.48 Å². The fourth-order valence-electron chi connectivity index (χ4n) is 0.169. The van der Waals surface area contributed by atoms with Gasteiger partial charge in [0.05, 0.1) is 0 Å². The molecule has 0 saturated carbocycles. The van der Waals surface area contributed by atoms with Gasteiger partial charge in [0, 0.05) is 0 Å². The van der Waals surface area contributed by atoms with E-state index in [-0.39, 0.29) is 0 Å². The van der Waals surface area contributed by atoms with E-state index in [0.717, 1.165) is 0 Å². The molecular formula is C2H3N3O. The van der Waals surface area contributed by atoms with E-state index in [1.54, 1.807) is 0 Å². The molecule has 4 heteroatoms. The highest BCUT2D eigenvalue weighted by Gasteiger charge is 1.74. The Kier molecular flexibility index (Phi) is 0.731. The zero-order valence-corrected chi connectivity index (χ0v) is 2.96. The van der Waals surface area contributed by atoms with Crippen LogP contribution in [0.25, 0.3) is 0 Å². The molecule has 0 unspecified atom stereocenters. The summed E-state index contributed by atoms with van der Waals surface area (Å²) < 4.78 is 0. The molecule has 1 N–H and O–H groups in total. The molecule has 1 heterocycles. The fourth-order valence-corrected chi connectivity index (χ4v) is 0.169. The number of hydroxylamine groups is 1. The molecule has 32 valence electrons. The van der Waals surface area contributed by atoms with Crippen molar-refractivity contribution in [3.8, 4) is 0 Å². The van der Waals surface area contributed by atoms with Gasteiger partial charge in [-0.15, -0.1) is 10.2 Å². The van der Waals surface area contributed by atoms with E-state index in [1.165, 1.54) is 12.7 Å². The van der Waals surface area contributed by atoms with E-state index >= 15 is 0 Å². The molecule has 0 amide bonds. The minimum absolute atomic E-state index is 1.21. The van der Waals surface area contributed by atoms with Gasteiger partial charge in [0.25, 0.3) is 0 Å². The predicted molar refractivity (Wildman–Crippen MR) is 21.2 cm³/mol. The standard InChI is InChI=1S/C2H3N3O/c1-3-4-2-6-5-1/h1-2H,(H,3,5). The molecule has 0 bridgehead atoms. The van der Waals surface area contributed by atoms with E-state index < -0.39 is 0 Å². The highest BCUT2D eigenvalue weighted by Crippen LogP contribution is 1.69. The van der Waals surface area contributed by atoms with Gasteiger partial charge in [-0.1, -0.05) is 0 Å². The smallest absolute Gasteiger partial charge is 0.229 e. The Labute approximate surface area is 34.5 Å². The fraction of sp³-hybridized carbons (Fsp3) is 0. The Balaban J connectivity index is 2.46. The third-order valence-corrected chi connectivity index (χ3v) is 0.345. The molecule has 6 heavy (non-hydrogen) atoms. The van der Waals surface area contributed by atoms with Gasteiger partial charge in [0.2, 0.25) is 6.40 Å². The van der Waals surface area contributed by atoms with Gasteiger partial charge in [0.15, 0.2) is 0 Å². The molecule has 0 radical (unpaired) electrons. The van der Waals surface area contributed by atoms with Crippen molar-refractivity contribution in [2.24, 2.45) is 10.2 Å². The molecule has 0 aliphatic carbocycles. The maximum Gasteiger partial charge on any atom is 0.229 e. The predicted octanol–water partition coefficient (Wildman–Crippen LogP) is -0.507. The first-order valence-corrected chi connectivity index (χ1v) is 1.44. The summed E-state index contributed by atoms with van der Waals surface area (Å²) in [5, 5.41) is 6.72. The van der Waals surface area contributed by atoms with Gasteiger partial charge < -0.3 is 4.84 Å². The average molecular weight is 85.1 g/mol. The summed E-state index contributed by atoms with van der Waals surface area (Å²) in [5.41, 5.74) is 2.34. The Morgan fingerprint density at radius 3 is 2.67 bits per heavy atom. The quantitative estimate of drug-likeness (QED) is 0.430. The van der Waals surface area contributed by atoms with Crippen LogP contribution in [-0.2, 0) is 4.84 Å². The van der Waals surface area contributed by atoms with Gasteiger partial charge in [0.1, 0.15) is 6.34 Å². The second kappa shape index (κ2) is 1.40. The lowest BCUT2D eigenvalue weighted by Crippen LogP contribution is -2.12. The first kappa shape index (κ1) is 3.14. The van der Waals surface area contributed by atoms with Crippen LogP contribution in [0.2, 0.25) is 0 Å². The normalized spacial score (nSPS) is 16.0. The molecule has 0 aromatic rings. The summed E-state index contributed by atoms with van der Waals surface area (Å²) in [7, 11) is 0. The van der Waals surface area contributed by atoms with Crippen LogP contribution in [-0.4, -0.2) is 12.7 Å². The average Bonchev–Trinajstić information content (AvgIpc) is 1.72. The third kappa shape index (κ3) is 0.453. The minimum atomic E-state index is 1.21. The highest BCUT2D eigenvalue weighted by molar-refractivity contribution is 5.59. The van der Waals surface area contributed by atoms with E-state index in [9.17, 15) is 0 Å². The zero-order chi connectivity index (χ0) is 4.24. The second-order valence-corrected chi connectivity index (χ2v) is 0.701. The molecule has 0 saturated heterocycles. The van der Waals surface area contributed by atoms with E-state index in [2.05, 4.69) is 20.5 Å². The SMILES string of the molecule is C1=NN=CON1. The summed E-state index contributed by atoms with van der Waals surface area (Å²) in [5.74, 6) is 0. The highest BCUT2D eigenvalue weighted by atomic mass is 16.6. The number of nitrogens with one attached hydrogen (secondary N) is 1. The minimum Gasteiger partial charge on any atom is -0.367 e. The summed E-state index contributed by atoms with van der Waals surface area (Å²) in [4.78, 5) is 4.38. The zero-order valence-electron chi connectivity index (χ0n) is 2.96. The summed E-state index contributed by atoms with van der Waals surface area (Å²) in [6.07, 6.45) is 2.56. The Morgan fingerprint density at radius 2 is 2.50 bits per heavy atom. The lowest BCUT2D eigenvalue weighted by Gasteiger charge is -1.95. The van der Waals surface area contributed by atoms with Crippen LogP contribution >= 0.6 is 0 Å². The van der Waals surface area contributed by atoms with Crippen LogP contribution < -0.4 is 5.48 Å². The molecule has 1 aliphatic heterocycles. The molecule has 0 fully saturated rings. The lowest BCUT2D eigenvalue weighted by atomic mass is 11.3. The van der Waals surface area contributed by atoms with Gasteiger partial charge in [-0.05, 0) is 0 Å². The van der Waals surface area contributed by atoms with Crippen molar-refractivity contribution in [2.45, 2.75) is 0 Å². The Bertz CT molecular complexity index is 74.8. The van der Waals surface area contributed by atoms with Crippen LogP contribution in [0.4, 0.5) is 0 Å². The Hall–Kier alpha value is -1.06. The molecule has 4 nitrogen and oxygen atoms in total.